The van der Waals surface area contributed by atoms with Crippen LogP contribution in [0.15, 0.2) is 22.6 Å². The summed E-state index contributed by atoms with van der Waals surface area (Å²) in [4.78, 5) is 0.260. The van der Waals surface area contributed by atoms with E-state index in [2.05, 4.69) is 16.3 Å². The highest BCUT2D eigenvalue weighted by Gasteiger charge is 2.14. The van der Waals surface area contributed by atoms with Gasteiger partial charge in [-0.05, 0) is 44.6 Å². The molecule has 1 aromatic heterocycles. The van der Waals surface area contributed by atoms with E-state index in [0.29, 0.717) is 5.89 Å². The lowest BCUT2D eigenvalue weighted by Gasteiger charge is -2.13. The first-order valence-electron chi connectivity index (χ1n) is 5.35. The Labute approximate surface area is 105 Å². The molecule has 0 radical (unpaired) electrons. The first-order valence-corrected chi connectivity index (χ1v) is 5.76. The molecule has 90 valence electrons. The summed E-state index contributed by atoms with van der Waals surface area (Å²) in [6.45, 7) is 5.93. The predicted octanol–water partition coefficient (Wildman–Crippen LogP) is 3.49. The standard InChI is InChI=1S/C12H14N2O2S/c1-7-4-5-10(8(2)6-7)15-9(3)11-13-14-12(17)16-11/h4-6,9H,1-3H3,(H,14,17). The average Bonchev–Trinajstić information content (AvgIpc) is 2.69. The number of aryl methyl sites for hydroxylation is 2. The minimum atomic E-state index is -0.274. The summed E-state index contributed by atoms with van der Waals surface area (Å²) < 4.78 is 11.0. The monoisotopic (exact) mass is 250 g/mol. The summed E-state index contributed by atoms with van der Waals surface area (Å²) in [5.41, 5.74) is 2.30. The van der Waals surface area contributed by atoms with Crippen molar-refractivity contribution in [3.63, 3.8) is 0 Å². The van der Waals surface area contributed by atoms with Gasteiger partial charge in [0.2, 0.25) is 0 Å². The maximum atomic E-state index is 5.78. The lowest BCUT2D eigenvalue weighted by molar-refractivity contribution is 0.186. The molecule has 5 heteroatoms. The molecular weight excluding hydrogens is 236 g/mol. The van der Waals surface area contributed by atoms with Crippen LogP contribution in [-0.4, -0.2) is 10.2 Å². The van der Waals surface area contributed by atoms with Crippen molar-refractivity contribution in [2.75, 3.05) is 0 Å². The second kappa shape index (κ2) is 4.71. The van der Waals surface area contributed by atoms with Crippen LogP contribution in [0.2, 0.25) is 0 Å². The van der Waals surface area contributed by atoms with E-state index in [0.717, 1.165) is 11.3 Å². The number of ether oxygens (including phenoxy) is 1. The lowest BCUT2D eigenvalue weighted by atomic mass is 10.1. The Morgan fingerprint density at radius 2 is 2.18 bits per heavy atom. The van der Waals surface area contributed by atoms with E-state index < -0.39 is 0 Å². The Hall–Kier alpha value is -1.62. The summed E-state index contributed by atoms with van der Waals surface area (Å²) in [5, 5.41) is 6.52. The number of rotatable bonds is 3. The summed E-state index contributed by atoms with van der Waals surface area (Å²) >= 11 is 4.82. The number of hydrogen-bond donors (Lipinski definition) is 1. The maximum absolute atomic E-state index is 5.78. The van der Waals surface area contributed by atoms with Gasteiger partial charge in [-0.1, -0.05) is 17.7 Å². The molecule has 0 aliphatic carbocycles. The second-order valence-electron chi connectivity index (χ2n) is 3.98. The van der Waals surface area contributed by atoms with Gasteiger partial charge in [-0.2, -0.15) is 0 Å². The van der Waals surface area contributed by atoms with Crippen molar-refractivity contribution >= 4 is 12.2 Å². The summed E-state index contributed by atoms with van der Waals surface area (Å²) in [5.74, 6) is 1.28. The van der Waals surface area contributed by atoms with E-state index in [1.54, 1.807) is 0 Å². The van der Waals surface area contributed by atoms with Crippen LogP contribution in [0, 0.1) is 18.7 Å². The minimum Gasteiger partial charge on any atom is -0.481 e. The van der Waals surface area contributed by atoms with Crippen LogP contribution in [0.3, 0.4) is 0 Å². The molecule has 2 aromatic rings. The first kappa shape index (κ1) is 11.9. The molecule has 0 saturated carbocycles. The predicted molar refractivity (Wildman–Crippen MR) is 66.6 cm³/mol. The highest BCUT2D eigenvalue weighted by molar-refractivity contribution is 7.71. The quantitative estimate of drug-likeness (QED) is 0.847. The normalized spacial score (nSPS) is 12.4. The van der Waals surface area contributed by atoms with Crippen LogP contribution >= 0.6 is 12.2 Å². The van der Waals surface area contributed by atoms with Crippen LogP contribution in [0.4, 0.5) is 0 Å². The van der Waals surface area contributed by atoms with Crippen LogP contribution in [-0.2, 0) is 0 Å². The van der Waals surface area contributed by atoms with E-state index in [9.17, 15) is 0 Å². The molecule has 1 aromatic carbocycles. The first-order chi connectivity index (χ1) is 8.06. The number of nitrogens with zero attached hydrogens (tertiary/aromatic N) is 1. The summed E-state index contributed by atoms with van der Waals surface area (Å²) in [6, 6.07) is 6.03. The molecule has 1 N–H and O–H groups in total. The molecule has 0 aliphatic heterocycles. The van der Waals surface area contributed by atoms with Crippen molar-refractivity contribution < 1.29 is 9.15 Å². The van der Waals surface area contributed by atoms with Gasteiger partial charge in [0.25, 0.3) is 10.7 Å². The van der Waals surface area contributed by atoms with Crippen LogP contribution in [0.25, 0.3) is 0 Å². The van der Waals surface area contributed by atoms with Gasteiger partial charge in [-0.3, -0.25) is 0 Å². The number of nitrogens with one attached hydrogen (secondary N) is 1. The topological polar surface area (TPSA) is 51.0 Å². The Kier molecular flexibility index (Phi) is 3.28. The Morgan fingerprint density at radius 3 is 2.76 bits per heavy atom. The number of hydrogen-bond acceptors (Lipinski definition) is 4. The van der Waals surface area contributed by atoms with E-state index in [4.69, 9.17) is 21.4 Å². The molecule has 0 spiro atoms. The third-order valence-corrected chi connectivity index (χ3v) is 2.61. The number of H-pyrrole nitrogens is 1. The summed E-state index contributed by atoms with van der Waals surface area (Å²) in [6.07, 6.45) is -0.274. The van der Waals surface area contributed by atoms with E-state index in [1.165, 1.54) is 5.56 Å². The smallest absolute Gasteiger partial charge is 0.284 e. The molecule has 0 saturated heterocycles. The van der Waals surface area contributed by atoms with Crippen molar-refractivity contribution in [3.05, 3.63) is 40.1 Å². The van der Waals surface area contributed by atoms with Crippen molar-refractivity contribution in [3.8, 4) is 5.75 Å². The van der Waals surface area contributed by atoms with Crippen molar-refractivity contribution in [1.82, 2.24) is 10.2 Å². The zero-order valence-electron chi connectivity index (χ0n) is 9.98. The largest absolute Gasteiger partial charge is 0.481 e. The molecule has 1 heterocycles. The molecule has 17 heavy (non-hydrogen) atoms. The van der Waals surface area contributed by atoms with Crippen molar-refractivity contribution in [1.29, 1.82) is 0 Å². The fourth-order valence-corrected chi connectivity index (χ4v) is 1.72. The third-order valence-electron chi connectivity index (χ3n) is 2.44. The van der Waals surface area contributed by atoms with Crippen molar-refractivity contribution in [2.45, 2.75) is 26.9 Å². The van der Waals surface area contributed by atoms with E-state index in [-0.39, 0.29) is 10.9 Å². The summed E-state index contributed by atoms with van der Waals surface area (Å²) in [7, 11) is 0. The van der Waals surface area contributed by atoms with E-state index >= 15 is 0 Å². The van der Waals surface area contributed by atoms with Gasteiger partial charge >= 0.3 is 0 Å². The zero-order valence-corrected chi connectivity index (χ0v) is 10.8. The fourth-order valence-electron chi connectivity index (χ4n) is 1.59. The Bertz CT molecular complexity index is 574. The second-order valence-corrected chi connectivity index (χ2v) is 4.35. The highest BCUT2D eigenvalue weighted by Crippen LogP contribution is 2.24. The van der Waals surface area contributed by atoms with Gasteiger partial charge < -0.3 is 9.15 Å². The van der Waals surface area contributed by atoms with Gasteiger partial charge in [0.05, 0.1) is 0 Å². The average molecular weight is 250 g/mol. The molecule has 2 rings (SSSR count). The fraction of sp³-hybridized carbons (Fsp3) is 0.333. The minimum absolute atomic E-state index is 0.260. The van der Waals surface area contributed by atoms with Crippen molar-refractivity contribution in [2.24, 2.45) is 0 Å². The molecule has 0 bridgehead atoms. The maximum Gasteiger partial charge on any atom is 0.284 e. The molecular formula is C12H14N2O2S. The van der Waals surface area contributed by atoms with Gasteiger partial charge in [-0.25, -0.2) is 5.10 Å². The highest BCUT2D eigenvalue weighted by atomic mass is 32.1. The SMILES string of the molecule is Cc1ccc(OC(C)c2n[nH]c(=S)o2)c(C)c1. The zero-order chi connectivity index (χ0) is 12.4. The third kappa shape index (κ3) is 2.74. The molecule has 1 unspecified atom stereocenters. The van der Waals surface area contributed by atoms with Crippen LogP contribution in [0.5, 0.6) is 5.75 Å². The van der Waals surface area contributed by atoms with Gasteiger partial charge in [0.1, 0.15) is 5.75 Å². The molecule has 1 atom stereocenters. The number of aromatic nitrogens is 2. The number of benzene rings is 1. The lowest BCUT2D eigenvalue weighted by Crippen LogP contribution is -2.04. The van der Waals surface area contributed by atoms with Crippen LogP contribution in [0.1, 0.15) is 30.0 Å². The Morgan fingerprint density at radius 1 is 1.41 bits per heavy atom. The molecule has 0 amide bonds. The van der Waals surface area contributed by atoms with Gasteiger partial charge in [0.15, 0.2) is 6.10 Å². The Balaban J connectivity index is 2.18. The van der Waals surface area contributed by atoms with E-state index in [1.807, 2.05) is 32.9 Å². The number of aromatic amines is 1. The van der Waals surface area contributed by atoms with Crippen LogP contribution < -0.4 is 4.74 Å². The van der Waals surface area contributed by atoms with Gasteiger partial charge in [0, 0.05) is 0 Å². The molecule has 0 fully saturated rings. The molecule has 4 nitrogen and oxygen atoms in total. The molecule has 0 aliphatic rings. The van der Waals surface area contributed by atoms with Gasteiger partial charge in [-0.15, -0.1) is 5.10 Å².